The van der Waals surface area contributed by atoms with Crippen LogP contribution in [-0.4, -0.2) is 40.0 Å². The van der Waals surface area contributed by atoms with E-state index in [-0.39, 0.29) is 6.03 Å². The summed E-state index contributed by atoms with van der Waals surface area (Å²) in [5, 5.41) is 2.89. The van der Waals surface area contributed by atoms with Crippen molar-refractivity contribution in [2.24, 2.45) is 0 Å². The van der Waals surface area contributed by atoms with Crippen LogP contribution in [0.2, 0.25) is 0 Å². The van der Waals surface area contributed by atoms with Crippen LogP contribution >= 0.6 is 0 Å². The first-order chi connectivity index (χ1) is 10.2. The van der Waals surface area contributed by atoms with Gasteiger partial charge < -0.3 is 10.2 Å². The number of piperidine rings is 1. The van der Waals surface area contributed by atoms with E-state index >= 15 is 0 Å². The van der Waals surface area contributed by atoms with Gasteiger partial charge in [-0.25, -0.2) is 4.79 Å². The molecule has 0 saturated carbocycles. The molecule has 21 heavy (non-hydrogen) atoms. The van der Waals surface area contributed by atoms with Crippen LogP contribution < -0.4 is 5.32 Å². The molecule has 0 aliphatic carbocycles. The lowest BCUT2D eigenvalue weighted by Gasteiger charge is -2.33. The third-order valence-electron chi connectivity index (χ3n) is 3.84. The molecule has 0 radical (unpaired) electrons. The van der Waals surface area contributed by atoms with Crippen molar-refractivity contribution in [3.63, 3.8) is 0 Å². The van der Waals surface area contributed by atoms with E-state index in [0.717, 1.165) is 24.9 Å². The topological polar surface area (TPSA) is 49.4 Å². The fraction of sp³-hybridized carbons (Fsp3) is 0.562. The predicted octanol–water partition coefficient (Wildman–Crippen LogP) is 2.52. The monoisotopic (exact) mass is 308 g/mol. The molecule has 2 rings (SSSR count). The smallest absolute Gasteiger partial charge is 0.317 e. The van der Waals surface area contributed by atoms with Crippen LogP contribution in [0.4, 0.5) is 4.79 Å². The maximum absolute atomic E-state index is 12.1. The highest BCUT2D eigenvalue weighted by molar-refractivity contribution is 7.84. The first-order valence-corrected chi connectivity index (χ1v) is 9.09. The number of carbonyl (C=O) groups is 1. The van der Waals surface area contributed by atoms with E-state index in [1.54, 1.807) is 0 Å². The fourth-order valence-electron chi connectivity index (χ4n) is 2.61. The highest BCUT2D eigenvalue weighted by Crippen LogP contribution is 2.15. The van der Waals surface area contributed by atoms with Crippen molar-refractivity contribution in [1.29, 1.82) is 0 Å². The van der Waals surface area contributed by atoms with Crippen LogP contribution in [0.25, 0.3) is 0 Å². The number of likely N-dealkylation sites (tertiary alicyclic amines) is 1. The van der Waals surface area contributed by atoms with Crippen molar-refractivity contribution in [1.82, 2.24) is 10.2 Å². The van der Waals surface area contributed by atoms with Crippen LogP contribution in [0.1, 0.15) is 31.7 Å². The Kier molecular flexibility index (Phi) is 6.23. The van der Waals surface area contributed by atoms with Crippen LogP contribution in [0.3, 0.4) is 0 Å². The van der Waals surface area contributed by atoms with Crippen molar-refractivity contribution >= 4 is 16.8 Å². The van der Waals surface area contributed by atoms with Gasteiger partial charge in [-0.2, -0.15) is 0 Å². The van der Waals surface area contributed by atoms with Gasteiger partial charge in [0.2, 0.25) is 0 Å². The molecule has 1 heterocycles. The van der Waals surface area contributed by atoms with Gasteiger partial charge in [0.05, 0.1) is 0 Å². The van der Waals surface area contributed by atoms with Crippen LogP contribution in [-0.2, 0) is 16.6 Å². The molecule has 2 amide bonds. The Labute approximate surface area is 129 Å². The third-order valence-corrected chi connectivity index (χ3v) is 5.16. The number of hydrogen-bond acceptors (Lipinski definition) is 2. The molecule has 1 aromatic carbocycles. The van der Waals surface area contributed by atoms with Gasteiger partial charge >= 0.3 is 6.03 Å². The summed E-state index contributed by atoms with van der Waals surface area (Å²) in [6.45, 7) is 3.40. The number of amides is 2. The molecule has 116 valence electrons. The molecule has 1 N–H and O–H groups in total. The Morgan fingerprint density at radius 1 is 1.33 bits per heavy atom. The van der Waals surface area contributed by atoms with Crippen LogP contribution in [0, 0.1) is 0 Å². The summed E-state index contributed by atoms with van der Waals surface area (Å²) in [6, 6.07) is 10.1. The van der Waals surface area contributed by atoms with E-state index in [9.17, 15) is 9.00 Å². The zero-order chi connectivity index (χ0) is 15.1. The van der Waals surface area contributed by atoms with E-state index in [1.807, 2.05) is 35.2 Å². The van der Waals surface area contributed by atoms with Gasteiger partial charge in [-0.1, -0.05) is 30.3 Å². The maximum Gasteiger partial charge on any atom is 0.317 e. The molecule has 2 atom stereocenters. The Balaban J connectivity index is 1.69. The van der Waals surface area contributed by atoms with Gasteiger partial charge in [-0.3, -0.25) is 4.21 Å². The Hall–Kier alpha value is -1.36. The molecule has 0 unspecified atom stereocenters. The fourth-order valence-corrected chi connectivity index (χ4v) is 3.64. The van der Waals surface area contributed by atoms with Crippen molar-refractivity contribution in [3.8, 4) is 0 Å². The van der Waals surface area contributed by atoms with Gasteiger partial charge in [0.25, 0.3) is 0 Å². The van der Waals surface area contributed by atoms with Gasteiger partial charge in [0.1, 0.15) is 0 Å². The second kappa shape index (κ2) is 8.17. The zero-order valence-electron chi connectivity index (χ0n) is 12.6. The van der Waals surface area contributed by atoms with E-state index in [1.165, 1.54) is 6.42 Å². The van der Waals surface area contributed by atoms with Crippen molar-refractivity contribution < 1.29 is 9.00 Å². The molecule has 0 bridgehead atoms. The number of hydrogen-bond donors (Lipinski definition) is 1. The van der Waals surface area contributed by atoms with Crippen molar-refractivity contribution in [3.05, 3.63) is 35.9 Å². The van der Waals surface area contributed by atoms with Crippen molar-refractivity contribution in [2.75, 3.05) is 18.8 Å². The normalized spacial score (nSPS) is 20.0. The summed E-state index contributed by atoms with van der Waals surface area (Å²) < 4.78 is 12.0. The van der Waals surface area contributed by atoms with Gasteiger partial charge in [-0.05, 0) is 31.7 Å². The van der Waals surface area contributed by atoms with Gasteiger partial charge in [0, 0.05) is 41.4 Å². The maximum atomic E-state index is 12.1. The largest absolute Gasteiger partial charge is 0.337 e. The Bertz CT molecular complexity index is 478. The molecule has 1 saturated heterocycles. The van der Waals surface area contributed by atoms with Crippen LogP contribution in [0.5, 0.6) is 0 Å². The number of urea groups is 1. The zero-order valence-corrected chi connectivity index (χ0v) is 13.4. The summed E-state index contributed by atoms with van der Waals surface area (Å²) in [4.78, 5) is 14.0. The summed E-state index contributed by atoms with van der Waals surface area (Å²) in [6.07, 6.45) is 3.36. The van der Waals surface area contributed by atoms with E-state index in [4.69, 9.17) is 0 Å². The molecule has 1 aliphatic rings. The quantitative estimate of drug-likeness (QED) is 0.908. The molecule has 5 heteroatoms. The predicted molar refractivity (Wildman–Crippen MR) is 86.6 cm³/mol. The first kappa shape index (κ1) is 16.0. The van der Waals surface area contributed by atoms with E-state index in [2.05, 4.69) is 12.2 Å². The number of nitrogens with zero attached hydrogens (tertiary/aromatic N) is 1. The molecule has 1 aromatic rings. The second-order valence-corrected chi connectivity index (χ2v) is 7.12. The lowest BCUT2D eigenvalue weighted by Crippen LogP contribution is -2.48. The molecule has 1 aliphatic heterocycles. The van der Waals surface area contributed by atoms with Gasteiger partial charge in [0.15, 0.2) is 0 Å². The lowest BCUT2D eigenvalue weighted by molar-refractivity contribution is 0.159. The average molecular weight is 308 g/mol. The second-order valence-electron chi connectivity index (χ2n) is 5.54. The number of nitrogens with one attached hydrogen (secondary N) is 1. The number of benzene rings is 1. The standard InChI is InChI=1S/C16H24N2O2S/c1-14-7-5-6-11-18(14)16(19)17-10-12-21(20)13-15-8-3-2-4-9-15/h2-4,8-9,14H,5-7,10-13H2,1H3,(H,17,19)/t14-,21-/m0/s1. The molecular weight excluding hydrogens is 284 g/mol. The molecule has 4 nitrogen and oxygen atoms in total. The molecule has 0 aromatic heterocycles. The minimum absolute atomic E-state index is 0.0149. The number of carbonyl (C=O) groups excluding carboxylic acids is 1. The van der Waals surface area contributed by atoms with E-state index in [0.29, 0.717) is 24.1 Å². The minimum atomic E-state index is -0.934. The molecular formula is C16H24N2O2S. The Morgan fingerprint density at radius 2 is 2.10 bits per heavy atom. The van der Waals surface area contributed by atoms with E-state index < -0.39 is 10.8 Å². The summed E-state index contributed by atoms with van der Waals surface area (Å²) >= 11 is 0. The Morgan fingerprint density at radius 3 is 2.81 bits per heavy atom. The van der Waals surface area contributed by atoms with Crippen molar-refractivity contribution in [2.45, 2.75) is 38.0 Å². The summed E-state index contributed by atoms with van der Waals surface area (Å²) in [5.41, 5.74) is 1.08. The summed E-state index contributed by atoms with van der Waals surface area (Å²) in [5.74, 6) is 1.06. The molecule has 1 fully saturated rings. The minimum Gasteiger partial charge on any atom is -0.337 e. The third kappa shape index (κ3) is 5.16. The lowest BCUT2D eigenvalue weighted by atomic mass is 10.0. The summed E-state index contributed by atoms with van der Waals surface area (Å²) in [7, 11) is -0.934. The highest BCUT2D eigenvalue weighted by atomic mass is 32.2. The average Bonchev–Trinajstić information content (AvgIpc) is 2.48. The van der Waals surface area contributed by atoms with Gasteiger partial charge in [-0.15, -0.1) is 0 Å². The SMILES string of the molecule is C[C@H]1CCCCN1C(=O)NCC[S@](=O)Cc1ccccc1. The van der Waals surface area contributed by atoms with Crippen LogP contribution in [0.15, 0.2) is 30.3 Å². The first-order valence-electron chi connectivity index (χ1n) is 7.60. The molecule has 0 spiro atoms. The number of rotatable bonds is 5. The highest BCUT2D eigenvalue weighted by Gasteiger charge is 2.22.